The first-order valence-corrected chi connectivity index (χ1v) is 9.58. The molecule has 2 atom stereocenters. The standard InChI is InChI=1S/C21H21ClF2N2O/c22-18-9-15(4-5-19(18)24)11-25-7-6-16-10-20(25)21(27)26(13-16)12-14-2-1-3-17(23)8-14/h1-5,8-9,16,20H,6-7,10-13H2/t16-,20+/m0/s1. The molecular weight excluding hydrogens is 370 g/mol. The minimum atomic E-state index is -0.436. The average molecular weight is 391 g/mol. The van der Waals surface area contributed by atoms with Crippen LogP contribution in [0.1, 0.15) is 24.0 Å². The van der Waals surface area contributed by atoms with Crippen LogP contribution in [-0.4, -0.2) is 34.8 Å². The number of fused-ring (bicyclic) bond motifs is 2. The molecule has 2 aliphatic rings. The van der Waals surface area contributed by atoms with Crippen LogP contribution in [0.15, 0.2) is 42.5 Å². The first kappa shape index (κ1) is 18.4. The molecule has 0 aliphatic carbocycles. The van der Waals surface area contributed by atoms with Gasteiger partial charge in [0.25, 0.3) is 0 Å². The molecule has 2 fully saturated rings. The summed E-state index contributed by atoms with van der Waals surface area (Å²) in [6, 6.07) is 10.9. The number of benzene rings is 2. The van der Waals surface area contributed by atoms with Crippen LogP contribution in [0, 0.1) is 17.6 Å². The van der Waals surface area contributed by atoms with Gasteiger partial charge in [0, 0.05) is 19.6 Å². The normalized spacial score (nSPS) is 22.9. The minimum absolute atomic E-state index is 0.0865. The van der Waals surface area contributed by atoms with E-state index in [0.29, 0.717) is 19.0 Å². The van der Waals surface area contributed by atoms with Crippen molar-refractivity contribution < 1.29 is 13.6 Å². The smallest absolute Gasteiger partial charge is 0.240 e. The van der Waals surface area contributed by atoms with Crippen LogP contribution in [0.2, 0.25) is 5.02 Å². The molecule has 0 unspecified atom stereocenters. The molecule has 142 valence electrons. The highest BCUT2D eigenvalue weighted by Gasteiger charge is 2.41. The van der Waals surface area contributed by atoms with E-state index >= 15 is 0 Å². The summed E-state index contributed by atoms with van der Waals surface area (Å²) in [5.74, 6) is -0.168. The van der Waals surface area contributed by atoms with E-state index in [1.807, 2.05) is 11.0 Å². The number of carbonyl (C=O) groups excluding carboxylic acids is 1. The van der Waals surface area contributed by atoms with Gasteiger partial charge in [-0.25, -0.2) is 8.78 Å². The third-order valence-corrected chi connectivity index (χ3v) is 5.82. The van der Waals surface area contributed by atoms with Crippen LogP contribution < -0.4 is 0 Å². The third kappa shape index (κ3) is 3.99. The SMILES string of the molecule is O=C1[C@H]2C[C@H](CCN2Cc2ccc(F)c(Cl)c2)CN1Cc1cccc(F)c1. The van der Waals surface area contributed by atoms with Crippen molar-refractivity contribution >= 4 is 17.5 Å². The molecule has 1 amide bonds. The number of nitrogens with zero attached hydrogens (tertiary/aromatic N) is 2. The van der Waals surface area contributed by atoms with Gasteiger partial charge in [-0.2, -0.15) is 0 Å². The number of carbonyl (C=O) groups is 1. The van der Waals surface area contributed by atoms with E-state index < -0.39 is 5.82 Å². The Bertz CT molecular complexity index is 860. The Hall–Kier alpha value is -1.98. The molecule has 0 aromatic heterocycles. The number of amides is 1. The topological polar surface area (TPSA) is 23.6 Å². The Morgan fingerprint density at radius 1 is 1.07 bits per heavy atom. The molecular formula is C21H21ClF2N2O. The van der Waals surface area contributed by atoms with Crippen LogP contribution >= 0.6 is 11.6 Å². The van der Waals surface area contributed by atoms with Crippen LogP contribution in [-0.2, 0) is 17.9 Å². The molecule has 0 spiro atoms. The van der Waals surface area contributed by atoms with Gasteiger partial charge in [0.05, 0.1) is 11.1 Å². The predicted molar refractivity (Wildman–Crippen MR) is 100 cm³/mol. The molecule has 2 aromatic rings. The second kappa shape index (κ2) is 7.56. The van der Waals surface area contributed by atoms with Crippen molar-refractivity contribution in [2.45, 2.75) is 32.0 Å². The van der Waals surface area contributed by atoms with Crippen molar-refractivity contribution in [3.63, 3.8) is 0 Å². The summed E-state index contributed by atoms with van der Waals surface area (Å²) in [5, 5.41) is 0.102. The van der Waals surface area contributed by atoms with Gasteiger partial charge in [-0.15, -0.1) is 0 Å². The number of piperidine rings is 2. The lowest BCUT2D eigenvalue weighted by Crippen LogP contribution is -2.58. The van der Waals surface area contributed by atoms with E-state index in [0.717, 1.165) is 37.1 Å². The fraction of sp³-hybridized carbons (Fsp3) is 0.381. The summed E-state index contributed by atoms with van der Waals surface area (Å²) in [7, 11) is 0. The van der Waals surface area contributed by atoms with Gasteiger partial charge < -0.3 is 4.90 Å². The molecule has 0 N–H and O–H groups in total. The maximum atomic E-state index is 13.5. The molecule has 4 rings (SSSR count). The molecule has 0 radical (unpaired) electrons. The molecule has 2 aromatic carbocycles. The van der Waals surface area contributed by atoms with Gasteiger partial charge in [-0.05, 0) is 60.7 Å². The van der Waals surface area contributed by atoms with Gasteiger partial charge >= 0.3 is 0 Å². The first-order chi connectivity index (χ1) is 13.0. The fourth-order valence-electron chi connectivity index (χ4n) is 4.18. The van der Waals surface area contributed by atoms with Crippen molar-refractivity contribution in [3.8, 4) is 0 Å². The van der Waals surface area contributed by atoms with Crippen LogP contribution in [0.5, 0.6) is 0 Å². The molecule has 2 bridgehead atoms. The van der Waals surface area contributed by atoms with E-state index in [1.165, 1.54) is 18.2 Å². The largest absolute Gasteiger partial charge is 0.337 e. The number of hydrogen-bond acceptors (Lipinski definition) is 2. The summed E-state index contributed by atoms with van der Waals surface area (Å²) < 4.78 is 26.9. The summed E-state index contributed by atoms with van der Waals surface area (Å²) >= 11 is 5.89. The summed E-state index contributed by atoms with van der Waals surface area (Å²) in [6.45, 7) is 2.56. The molecule has 27 heavy (non-hydrogen) atoms. The summed E-state index contributed by atoms with van der Waals surface area (Å²) in [6.07, 6.45) is 1.85. The Balaban J connectivity index is 1.49. The van der Waals surface area contributed by atoms with Crippen LogP contribution in [0.25, 0.3) is 0 Å². The fourth-order valence-corrected chi connectivity index (χ4v) is 4.39. The minimum Gasteiger partial charge on any atom is -0.337 e. The highest BCUT2D eigenvalue weighted by molar-refractivity contribution is 6.30. The highest BCUT2D eigenvalue weighted by Crippen LogP contribution is 2.32. The molecule has 2 saturated heterocycles. The molecule has 0 saturated carbocycles. The van der Waals surface area contributed by atoms with Gasteiger partial charge in [-0.3, -0.25) is 9.69 Å². The van der Waals surface area contributed by atoms with Gasteiger partial charge in [-0.1, -0.05) is 29.8 Å². The third-order valence-electron chi connectivity index (χ3n) is 5.53. The molecule has 2 aliphatic heterocycles. The second-order valence-corrected chi connectivity index (χ2v) is 7.88. The lowest BCUT2D eigenvalue weighted by Gasteiger charge is -2.46. The highest BCUT2D eigenvalue weighted by atomic mass is 35.5. The molecule has 2 heterocycles. The van der Waals surface area contributed by atoms with Crippen molar-refractivity contribution in [1.82, 2.24) is 9.80 Å². The zero-order valence-corrected chi connectivity index (χ0v) is 15.6. The van der Waals surface area contributed by atoms with E-state index in [9.17, 15) is 13.6 Å². The number of hydrogen-bond donors (Lipinski definition) is 0. The maximum Gasteiger partial charge on any atom is 0.240 e. The molecule has 6 heteroatoms. The second-order valence-electron chi connectivity index (χ2n) is 7.47. The Morgan fingerprint density at radius 2 is 1.89 bits per heavy atom. The Kier molecular flexibility index (Phi) is 5.15. The number of likely N-dealkylation sites (tertiary alicyclic amines) is 2. The summed E-state index contributed by atoms with van der Waals surface area (Å²) in [5.41, 5.74) is 1.70. The zero-order chi connectivity index (χ0) is 19.0. The van der Waals surface area contributed by atoms with E-state index in [2.05, 4.69) is 4.90 Å². The zero-order valence-electron chi connectivity index (χ0n) is 14.9. The quantitative estimate of drug-likeness (QED) is 0.779. The molecule has 3 nitrogen and oxygen atoms in total. The summed E-state index contributed by atoms with van der Waals surface area (Å²) in [4.78, 5) is 17.0. The van der Waals surface area contributed by atoms with Crippen molar-refractivity contribution in [1.29, 1.82) is 0 Å². The Labute approximate surface area is 162 Å². The average Bonchev–Trinajstić information content (AvgIpc) is 2.64. The van der Waals surface area contributed by atoms with Crippen molar-refractivity contribution in [2.24, 2.45) is 5.92 Å². The number of halogens is 3. The number of rotatable bonds is 4. The van der Waals surface area contributed by atoms with Crippen molar-refractivity contribution in [3.05, 3.63) is 70.2 Å². The van der Waals surface area contributed by atoms with E-state index in [4.69, 9.17) is 11.6 Å². The maximum absolute atomic E-state index is 13.5. The van der Waals surface area contributed by atoms with Gasteiger partial charge in [0.2, 0.25) is 5.91 Å². The van der Waals surface area contributed by atoms with Crippen molar-refractivity contribution in [2.75, 3.05) is 13.1 Å². The monoisotopic (exact) mass is 390 g/mol. The Morgan fingerprint density at radius 3 is 2.67 bits per heavy atom. The lowest BCUT2D eigenvalue weighted by molar-refractivity contribution is -0.146. The van der Waals surface area contributed by atoms with Gasteiger partial charge in [0.15, 0.2) is 0 Å². The predicted octanol–water partition coefficient (Wildman–Crippen LogP) is 4.24. The van der Waals surface area contributed by atoms with Gasteiger partial charge in [0.1, 0.15) is 11.6 Å². The van der Waals surface area contributed by atoms with Crippen LogP contribution in [0.3, 0.4) is 0 Å². The van der Waals surface area contributed by atoms with E-state index in [1.54, 1.807) is 18.2 Å². The lowest BCUT2D eigenvalue weighted by atomic mass is 9.85. The van der Waals surface area contributed by atoms with Crippen LogP contribution in [0.4, 0.5) is 8.78 Å². The first-order valence-electron chi connectivity index (χ1n) is 9.21. The van der Waals surface area contributed by atoms with E-state index in [-0.39, 0.29) is 22.8 Å².